The lowest BCUT2D eigenvalue weighted by atomic mass is 9.71. The normalized spacial score (nSPS) is 23.2. The molecule has 0 bridgehead atoms. The van der Waals surface area contributed by atoms with E-state index in [1.807, 2.05) is 12.1 Å². The monoisotopic (exact) mass is 222 g/mol. The van der Waals surface area contributed by atoms with Gasteiger partial charge in [0.15, 0.2) is 0 Å². The number of furan rings is 1. The van der Waals surface area contributed by atoms with E-state index in [-0.39, 0.29) is 6.04 Å². The minimum atomic E-state index is 0.172. The van der Waals surface area contributed by atoms with Crippen LogP contribution in [0.2, 0.25) is 0 Å². The van der Waals surface area contributed by atoms with Crippen LogP contribution < -0.4 is 11.3 Å². The molecule has 1 heterocycles. The summed E-state index contributed by atoms with van der Waals surface area (Å²) in [6.07, 6.45) is 6.71. The fourth-order valence-corrected chi connectivity index (χ4v) is 2.67. The van der Waals surface area contributed by atoms with Crippen LogP contribution in [0, 0.1) is 11.3 Å². The first kappa shape index (κ1) is 11.7. The molecule has 1 aromatic heterocycles. The Morgan fingerprint density at radius 2 is 2.12 bits per heavy atom. The Labute approximate surface area is 97.4 Å². The van der Waals surface area contributed by atoms with E-state index in [0.29, 0.717) is 11.3 Å². The number of nitrogens with one attached hydrogen (secondary N) is 1. The van der Waals surface area contributed by atoms with Crippen LogP contribution >= 0.6 is 0 Å². The molecule has 0 aromatic carbocycles. The molecule has 3 N–H and O–H groups in total. The van der Waals surface area contributed by atoms with Gasteiger partial charge in [-0.05, 0) is 49.1 Å². The third kappa shape index (κ3) is 2.47. The average Bonchev–Trinajstić information content (AvgIpc) is 2.75. The van der Waals surface area contributed by atoms with E-state index in [0.717, 1.165) is 5.76 Å². The molecule has 16 heavy (non-hydrogen) atoms. The zero-order valence-electron chi connectivity index (χ0n) is 10.2. The van der Waals surface area contributed by atoms with Crippen LogP contribution in [0.5, 0.6) is 0 Å². The van der Waals surface area contributed by atoms with Crippen LogP contribution in [0.25, 0.3) is 0 Å². The molecule has 2 rings (SSSR count). The van der Waals surface area contributed by atoms with Gasteiger partial charge in [0.05, 0.1) is 12.3 Å². The Hall–Kier alpha value is -0.800. The van der Waals surface area contributed by atoms with Crippen molar-refractivity contribution in [3.05, 3.63) is 24.2 Å². The first-order chi connectivity index (χ1) is 7.62. The Balaban J connectivity index is 2.02. The van der Waals surface area contributed by atoms with Crippen molar-refractivity contribution in [2.24, 2.45) is 17.2 Å². The van der Waals surface area contributed by atoms with Crippen LogP contribution in [-0.4, -0.2) is 0 Å². The third-order valence-corrected chi connectivity index (χ3v) is 3.88. The zero-order chi connectivity index (χ0) is 11.6. The van der Waals surface area contributed by atoms with Crippen molar-refractivity contribution in [3.8, 4) is 0 Å². The van der Waals surface area contributed by atoms with Gasteiger partial charge in [-0.15, -0.1) is 0 Å². The Morgan fingerprint density at radius 1 is 1.44 bits per heavy atom. The van der Waals surface area contributed by atoms with Gasteiger partial charge in [0.2, 0.25) is 0 Å². The second kappa shape index (κ2) is 4.60. The first-order valence-corrected chi connectivity index (χ1v) is 6.12. The van der Waals surface area contributed by atoms with Crippen molar-refractivity contribution in [2.75, 3.05) is 0 Å². The van der Waals surface area contributed by atoms with E-state index >= 15 is 0 Å². The van der Waals surface area contributed by atoms with E-state index in [4.69, 9.17) is 10.3 Å². The predicted octanol–water partition coefficient (Wildman–Crippen LogP) is 3.00. The van der Waals surface area contributed by atoms with E-state index < -0.39 is 0 Å². The molecule has 3 heteroatoms. The van der Waals surface area contributed by atoms with E-state index in [9.17, 15) is 0 Å². The maximum Gasteiger partial charge on any atom is 0.122 e. The van der Waals surface area contributed by atoms with Gasteiger partial charge in [-0.3, -0.25) is 5.84 Å². The topological polar surface area (TPSA) is 51.2 Å². The molecule has 1 atom stereocenters. The molecule has 1 fully saturated rings. The molecular weight excluding hydrogens is 200 g/mol. The highest BCUT2D eigenvalue weighted by Crippen LogP contribution is 2.42. The molecule has 1 unspecified atom stereocenters. The number of hydrogen-bond donors (Lipinski definition) is 2. The summed E-state index contributed by atoms with van der Waals surface area (Å²) in [7, 11) is 0. The van der Waals surface area contributed by atoms with Gasteiger partial charge in [-0.2, -0.15) is 0 Å². The largest absolute Gasteiger partial charge is 0.468 e. The summed E-state index contributed by atoms with van der Waals surface area (Å²) in [5.41, 5.74) is 3.41. The average molecular weight is 222 g/mol. The highest BCUT2D eigenvalue weighted by molar-refractivity contribution is 5.06. The van der Waals surface area contributed by atoms with E-state index in [2.05, 4.69) is 19.3 Å². The smallest absolute Gasteiger partial charge is 0.122 e. The quantitative estimate of drug-likeness (QED) is 0.610. The van der Waals surface area contributed by atoms with Crippen molar-refractivity contribution < 1.29 is 4.42 Å². The molecule has 0 radical (unpaired) electrons. The molecule has 0 spiro atoms. The summed E-state index contributed by atoms with van der Waals surface area (Å²) in [4.78, 5) is 0. The SMILES string of the molecule is CC1(C)CCC(C(NN)c2ccco2)CC1. The van der Waals surface area contributed by atoms with Crippen LogP contribution in [0.4, 0.5) is 0 Å². The molecule has 0 amide bonds. The van der Waals surface area contributed by atoms with Crippen molar-refractivity contribution in [3.63, 3.8) is 0 Å². The summed E-state index contributed by atoms with van der Waals surface area (Å²) < 4.78 is 5.45. The summed E-state index contributed by atoms with van der Waals surface area (Å²) >= 11 is 0. The van der Waals surface area contributed by atoms with Crippen molar-refractivity contribution >= 4 is 0 Å². The van der Waals surface area contributed by atoms with Crippen LogP contribution in [-0.2, 0) is 0 Å². The van der Waals surface area contributed by atoms with E-state index in [1.54, 1.807) is 6.26 Å². The third-order valence-electron chi connectivity index (χ3n) is 3.88. The summed E-state index contributed by atoms with van der Waals surface area (Å²) in [6, 6.07) is 4.10. The molecule has 0 saturated heterocycles. The highest BCUT2D eigenvalue weighted by Gasteiger charge is 2.32. The number of nitrogens with two attached hydrogens (primary N) is 1. The molecule has 3 nitrogen and oxygen atoms in total. The van der Waals surface area contributed by atoms with Crippen LogP contribution in [0.3, 0.4) is 0 Å². The van der Waals surface area contributed by atoms with Crippen molar-refractivity contribution in [2.45, 2.75) is 45.6 Å². The number of hydrogen-bond acceptors (Lipinski definition) is 3. The van der Waals surface area contributed by atoms with Gasteiger partial charge in [-0.1, -0.05) is 13.8 Å². The minimum absolute atomic E-state index is 0.172. The maximum atomic E-state index is 5.65. The maximum absolute atomic E-state index is 5.65. The van der Waals surface area contributed by atoms with Gasteiger partial charge in [-0.25, -0.2) is 5.43 Å². The van der Waals surface area contributed by atoms with Gasteiger partial charge in [0.1, 0.15) is 5.76 Å². The fourth-order valence-electron chi connectivity index (χ4n) is 2.67. The number of rotatable bonds is 3. The minimum Gasteiger partial charge on any atom is -0.468 e. The molecule has 1 aliphatic rings. The van der Waals surface area contributed by atoms with Gasteiger partial charge < -0.3 is 4.42 Å². The van der Waals surface area contributed by atoms with Gasteiger partial charge >= 0.3 is 0 Å². The van der Waals surface area contributed by atoms with Crippen molar-refractivity contribution in [1.82, 2.24) is 5.43 Å². The van der Waals surface area contributed by atoms with Crippen LogP contribution in [0.1, 0.15) is 51.3 Å². The summed E-state index contributed by atoms with van der Waals surface area (Å²) in [6.45, 7) is 4.70. The molecule has 1 aliphatic carbocycles. The molecule has 0 aliphatic heterocycles. The Kier molecular flexibility index (Phi) is 3.36. The fraction of sp³-hybridized carbons (Fsp3) is 0.692. The number of hydrazine groups is 1. The van der Waals surface area contributed by atoms with E-state index in [1.165, 1.54) is 25.7 Å². The second-order valence-electron chi connectivity index (χ2n) is 5.66. The molecule has 90 valence electrons. The molecule has 1 aromatic rings. The predicted molar refractivity (Wildman–Crippen MR) is 64.5 cm³/mol. The molecular formula is C13H22N2O. The van der Waals surface area contributed by atoms with Crippen LogP contribution in [0.15, 0.2) is 22.8 Å². The lowest BCUT2D eigenvalue weighted by molar-refractivity contribution is 0.152. The van der Waals surface area contributed by atoms with Gasteiger partial charge in [0.25, 0.3) is 0 Å². The zero-order valence-corrected chi connectivity index (χ0v) is 10.2. The highest BCUT2D eigenvalue weighted by atomic mass is 16.3. The molecule has 1 saturated carbocycles. The summed E-state index contributed by atoms with van der Waals surface area (Å²) in [5, 5.41) is 0. The second-order valence-corrected chi connectivity index (χ2v) is 5.66. The van der Waals surface area contributed by atoms with Gasteiger partial charge in [0, 0.05) is 0 Å². The standard InChI is InChI=1S/C13H22N2O/c1-13(2)7-5-10(6-8-13)12(15-14)11-4-3-9-16-11/h3-4,9-10,12,15H,5-8,14H2,1-2H3. The first-order valence-electron chi connectivity index (χ1n) is 6.12. The summed E-state index contributed by atoms with van der Waals surface area (Å²) in [5.74, 6) is 7.22. The van der Waals surface area contributed by atoms with Crippen molar-refractivity contribution in [1.29, 1.82) is 0 Å². The lowest BCUT2D eigenvalue weighted by Gasteiger charge is -2.37. The Bertz CT molecular complexity index is 309. The Morgan fingerprint density at radius 3 is 2.62 bits per heavy atom. The lowest BCUT2D eigenvalue weighted by Crippen LogP contribution is -2.36.